The average molecular weight is 273 g/mol. The molecule has 0 saturated carbocycles. The van der Waals surface area contributed by atoms with Crippen LogP contribution in [0.2, 0.25) is 0 Å². The first-order valence-corrected chi connectivity index (χ1v) is 5.75. The molecule has 0 aromatic heterocycles. The van der Waals surface area contributed by atoms with Gasteiger partial charge >= 0.3 is 0 Å². The smallest absolute Gasteiger partial charge is 0.0788 e. The van der Waals surface area contributed by atoms with Crippen molar-refractivity contribution in [1.82, 2.24) is 0 Å². The molecule has 3 nitrogen and oxygen atoms in total. The number of halogens is 1. The standard InChI is InChI=1S/C11H17BrN2O/c1-3-11(2,15)7-14-10-6-8(12)4-5-9(10)13/h4-6,14-15H,3,7,13H2,1-2H3. The lowest BCUT2D eigenvalue weighted by atomic mass is 10.0. The summed E-state index contributed by atoms with van der Waals surface area (Å²) in [6.45, 7) is 4.24. The first kappa shape index (κ1) is 12.3. The zero-order chi connectivity index (χ0) is 11.5. The van der Waals surface area contributed by atoms with Gasteiger partial charge in [-0.05, 0) is 31.5 Å². The maximum Gasteiger partial charge on any atom is 0.0788 e. The van der Waals surface area contributed by atoms with Gasteiger partial charge in [-0.1, -0.05) is 22.9 Å². The molecule has 0 aliphatic heterocycles. The van der Waals surface area contributed by atoms with E-state index in [1.54, 1.807) is 6.92 Å². The maximum absolute atomic E-state index is 9.83. The topological polar surface area (TPSA) is 58.3 Å². The normalized spacial score (nSPS) is 14.7. The molecule has 4 N–H and O–H groups in total. The van der Waals surface area contributed by atoms with Crippen molar-refractivity contribution in [2.24, 2.45) is 0 Å². The van der Waals surface area contributed by atoms with E-state index in [1.807, 2.05) is 25.1 Å². The Bertz CT molecular complexity index is 339. The van der Waals surface area contributed by atoms with Gasteiger partial charge in [0.05, 0.1) is 17.0 Å². The zero-order valence-corrected chi connectivity index (χ0v) is 10.6. The van der Waals surface area contributed by atoms with Crippen LogP contribution in [0.3, 0.4) is 0 Å². The summed E-state index contributed by atoms with van der Waals surface area (Å²) in [7, 11) is 0. The van der Waals surface area contributed by atoms with E-state index in [2.05, 4.69) is 21.2 Å². The quantitative estimate of drug-likeness (QED) is 0.739. The molecule has 1 atom stereocenters. The van der Waals surface area contributed by atoms with Crippen LogP contribution in [0.4, 0.5) is 11.4 Å². The fourth-order valence-electron chi connectivity index (χ4n) is 1.09. The number of rotatable bonds is 4. The van der Waals surface area contributed by atoms with Crippen molar-refractivity contribution in [3.8, 4) is 0 Å². The van der Waals surface area contributed by atoms with Crippen molar-refractivity contribution in [2.45, 2.75) is 25.9 Å². The van der Waals surface area contributed by atoms with E-state index in [-0.39, 0.29) is 0 Å². The highest BCUT2D eigenvalue weighted by molar-refractivity contribution is 9.10. The number of nitrogens with two attached hydrogens (primary N) is 1. The van der Waals surface area contributed by atoms with Gasteiger partial charge in [0.25, 0.3) is 0 Å². The van der Waals surface area contributed by atoms with E-state index < -0.39 is 5.60 Å². The lowest BCUT2D eigenvalue weighted by Gasteiger charge is -2.22. The molecule has 0 heterocycles. The van der Waals surface area contributed by atoms with E-state index in [0.717, 1.165) is 10.2 Å². The first-order chi connectivity index (χ1) is 6.94. The fraction of sp³-hybridized carbons (Fsp3) is 0.455. The van der Waals surface area contributed by atoms with Crippen LogP contribution in [0.5, 0.6) is 0 Å². The molecule has 1 aromatic rings. The van der Waals surface area contributed by atoms with Gasteiger partial charge < -0.3 is 16.2 Å². The third kappa shape index (κ3) is 3.72. The molecule has 0 amide bonds. The van der Waals surface area contributed by atoms with Crippen molar-refractivity contribution in [3.63, 3.8) is 0 Å². The molecule has 1 unspecified atom stereocenters. The summed E-state index contributed by atoms with van der Waals surface area (Å²) in [5.41, 5.74) is 6.63. The fourth-order valence-corrected chi connectivity index (χ4v) is 1.45. The molecular weight excluding hydrogens is 256 g/mol. The van der Waals surface area contributed by atoms with Gasteiger partial charge in [-0.15, -0.1) is 0 Å². The van der Waals surface area contributed by atoms with Crippen molar-refractivity contribution in [3.05, 3.63) is 22.7 Å². The van der Waals surface area contributed by atoms with Gasteiger partial charge in [0.1, 0.15) is 0 Å². The molecule has 0 saturated heterocycles. The second kappa shape index (κ2) is 4.86. The summed E-state index contributed by atoms with van der Waals surface area (Å²) in [4.78, 5) is 0. The van der Waals surface area contributed by atoms with Gasteiger partial charge in [-0.25, -0.2) is 0 Å². The van der Waals surface area contributed by atoms with Gasteiger partial charge in [0.2, 0.25) is 0 Å². The Kier molecular flexibility index (Phi) is 3.99. The minimum Gasteiger partial charge on any atom is -0.397 e. The van der Waals surface area contributed by atoms with Crippen molar-refractivity contribution in [2.75, 3.05) is 17.6 Å². The Morgan fingerprint density at radius 2 is 2.20 bits per heavy atom. The Hall–Kier alpha value is -0.740. The number of benzene rings is 1. The Morgan fingerprint density at radius 1 is 1.53 bits per heavy atom. The molecule has 0 spiro atoms. The summed E-state index contributed by atoms with van der Waals surface area (Å²) >= 11 is 3.38. The van der Waals surface area contributed by atoms with Crippen LogP contribution in [0.25, 0.3) is 0 Å². The third-order valence-corrected chi connectivity index (χ3v) is 2.93. The molecule has 0 fully saturated rings. The molecule has 1 rings (SSSR count). The van der Waals surface area contributed by atoms with Crippen LogP contribution in [-0.2, 0) is 0 Å². The predicted molar refractivity (Wildman–Crippen MR) is 68.0 cm³/mol. The third-order valence-electron chi connectivity index (χ3n) is 2.44. The monoisotopic (exact) mass is 272 g/mol. The number of nitrogen functional groups attached to an aromatic ring is 1. The number of hydrogen-bond donors (Lipinski definition) is 3. The van der Waals surface area contributed by atoms with Crippen LogP contribution in [0.1, 0.15) is 20.3 Å². The van der Waals surface area contributed by atoms with Crippen LogP contribution in [0, 0.1) is 0 Å². The molecule has 0 radical (unpaired) electrons. The first-order valence-electron chi connectivity index (χ1n) is 4.96. The number of hydrogen-bond acceptors (Lipinski definition) is 3. The molecule has 4 heteroatoms. The molecule has 1 aromatic carbocycles. The average Bonchev–Trinajstić information content (AvgIpc) is 2.20. The van der Waals surface area contributed by atoms with Crippen LogP contribution in [0.15, 0.2) is 22.7 Å². The van der Waals surface area contributed by atoms with E-state index in [1.165, 1.54) is 0 Å². The molecule has 0 aliphatic carbocycles. The molecular formula is C11H17BrN2O. The van der Waals surface area contributed by atoms with Crippen LogP contribution >= 0.6 is 15.9 Å². The summed E-state index contributed by atoms with van der Waals surface area (Å²) in [6, 6.07) is 5.62. The van der Waals surface area contributed by atoms with Crippen molar-refractivity contribution >= 4 is 27.3 Å². The summed E-state index contributed by atoms with van der Waals surface area (Å²) in [6.07, 6.45) is 0.702. The minimum atomic E-state index is -0.700. The Morgan fingerprint density at radius 3 is 2.80 bits per heavy atom. The highest BCUT2D eigenvalue weighted by atomic mass is 79.9. The number of anilines is 2. The van der Waals surface area contributed by atoms with E-state index in [0.29, 0.717) is 18.7 Å². The molecule has 84 valence electrons. The molecule has 0 bridgehead atoms. The highest BCUT2D eigenvalue weighted by Crippen LogP contribution is 2.24. The lowest BCUT2D eigenvalue weighted by Crippen LogP contribution is -2.32. The van der Waals surface area contributed by atoms with Gasteiger partial charge in [-0.3, -0.25) is 0 Å². The Balaban J connectivity index is 2.69. The second-order valence-corrected chi connectivity index (χ2v) is 4.85. The van der Waals surface area contributed by atoms with Crippen LogP contribution < -0.4 is 11.1 Å². The van der Waals surface area contributed by atoms with Gasteiger partial charge in [0, 0.05) is 11.0 Å². The lowest BCUT2D eigenvalue weighted by molar-refractivity contribution is 0.0697. The van der Waals surface area contributed by atoms with Crippen molar-refractivity contribution in [1.29, 1.82) is 0 Å². The molecule has 0 aliphatic rings. The maximum atomic E-state index is 9.83. The second-order valence-electron chi connectivity index (χ2n) is 3.94. The summed E-state index contributed by atoms with van der Waals surface area (Å²) < 4.78 is 0.968. The highest BCUT2D eigenvalue weighted by Gasteiger charge is 2.17. The molecule has 15 heavy (non-hydrogen) atoms. The largest absolute Gasteiger partial charge is 0.397 e. The van der Waals surface area contributed by atoms with Crippen molar-refractivity contribution < 1.29 is 5.11 Å². The summed E-state index contributed by atoms with van der Waals surface area (Å²) in [5, 5.41) is 13.0. The van der Waals surface area contributed by atoms with E-state index >= 15 is 0 Å². The van der Waals surface area contributed by atoms with E-state index in [9.17, 15) is 5.11 Å². The van der Waals surface area contributed by atoms with E-state index in [4.69, 9.17) is 5.73 Å². The zero-order valence-electron chi connectivity index (χ0n) is 9.05. The predicted octanol–water partition coefficient (Wildman–Crippen LogP) is 2.60. The minimum absolute atomic E-state index is 0.490. The Labute approximate surface area is 98.8 Å². The summed E-state index contributed by atoms with van der Waals surface area (Å²) in [5.74, 6) is 0. The number of aliphatic hydroxyl groups is 1. The van der Waals surface area contributed by atoms with Gasteiger partial charge in [-0.2, -0.15) is 0 Å². The van der Waals surface area contributed by atoms with Gasteiger partial charge in [0.15, 0.2) is 0 Å². The SMILES string of the molecule is CCC(C)(O)CNc1cc(Br)ccc1N. The number of nitrogens with one attached hydrogen (secondary N) is 1. The van der Waals surface area contributed by atoms with Crippen LogP contribution in [-0.4, -0.2) is 17.3 Å².